The molecule has 1 aliphatic rings. The molecule has 0 aromatic heterocycles. The van der Waals surface area contributed by atoms with Crippen LogP contribution < -0.4 is 4.90 Å². The minimum atomic E-state index is -4.04. The first-order valence-electron chi connectivity index (χ1n) is 9.43. The van der Waals surface area contributed by atoms with E-state index in [9.17, 15) is 26.9 Å². The van der Waals surface area contributed by atoms with Crippen molar-refractivity contribution in [3.63, 3.8) is 0 Å². The molecule has 0 aliphatic carbocycles. The normalized spacial score (nSPS) is 15.8. The summed E-state index contributed by atoms with van der Waals surface area (Å²) in [5.41, 5.74) is 0.391. The molecule has 1 aliphatic heterocycles. The van der Waals surface area contributed by atoms with E-state index in [1.165, 1.54) is 10.4 Å². The van der Waals surface area contributed by atoms with E-state index in [1.807, 2.05) is 6.92 Å². The van der Waals surface area contributed by atoms with Crippen molar-refractivity contribution < 1.29 is 30.7 Å². The number of hydrogen-bond donors (Lipinski definition) is 0. The summed E-state index contributed by atoms with van der Waals surface area (Å²) < 4.78 is 60.6. The molecular weight excluding hydrogens is 438 g/mol. The number of ether oxygens (including phenoxy) is 1. The van der Waals surface area contributed by atoms with Gasteiger partial charge in [-0.05, 0) is 18.9 Å². The lowest BCUT2D eigenvalue weighted by atomic mass is 10.1. The van der Waals surface area contributed by atoms with Crippen LogP contribution in [0.15, 0.2) is 17.0 Å². The number of rotatable bonds is 10. The summed E-state index contributed by atoms with van der Waals surface area (Å²) >= 11 is 0. The van der Waals surface area contributed by atoms with Crippen LogP contribution in [0.3, 0.4) is 0 Å². The van der Waals surface area contributed by atoms with Crippen LogP contribution in [-0.4, -0.2) is 78.3 Å². The van der Waals surface area contributed by atoms with Crippen molar-refractivity contribution in [3.8, 4) is 0 Å². The number of aryl methyl sites for hydroxylation is 1. The van der Waals surface area contributed by atoms with Gasteiger partial charge in [-0.2, -0.15) is 12.7 Å². The SMILES string of the molecule is CCCN(CCOS(C)(=O)=O)c1c(C)cc([N+](=O)[O-])cc1S(=O)(=O)N1CCOCC1. The number of nitro benzene ring substituents is 1. The number of nitro groups is 1. The molecule has 11 nitrogen and oxygen atoms in total. The van der Waals surface area contributed by atoms with Crippen LogP contribution >= 0.6 is 0 Å². The zero-order valence-electron chi connectivity index (χ0n) is 17.2. The molecule has 30 heavy (non-hydrogen) atoms. The first-order valence-corrected chi connectivity index (χ1v) is 12.7. The average Bonchev–Trinajstić information content (AvgIpc) is 2.66. The predicted molar refractivity (Wildman–Crippen MR) is 111 cm³/mol. The van der Waals surface area contributed by atoms with Gasteiger partial charge < -0.3 is 9.64 Å². The minimum absolute atomic E-state index is 0.102. The van der Waals surface area contributed by atoms with E-state index < -0.39 is 25.1 Å². The zero-order valence-corrected chi connectivity index (χ0v) is 18.9. The monoisotopic (exact) mass is 465 g/mol. The van der Waals surface area contributed by atoms with Gasteiger partial charge in [0.15, 0.2) is 0 Å². The third-order valence-electron chi connectivity index (χ3n) is 4.52. The van der Waals surface area contributed by atoms with Gasteiger partial charge in [0.05, 0.1) is 36.7 Å². The van der Waals surface area contributed by atoms with Crippen LogP contribution in [0, 0.1) is 17.0 Å². The Morgan fingerprint density at radius 3 is 2.37 bits per heavy atom. The summed E-state index contributed by atoms with van der Waals surface area (Å²) in [5, 5.41) is 11.4. The summed E-state index contributed by atoms with van der Waals surface area (Å²) in [6, 6.07) is 2.38. The molecule has 170 valence electrons. The van der Waals surface area contributed by atoms with Crippen molar-refractivity contribution in [2.24, 2.45) is 0 Å². The number of morpholine rings is 1. The highest BCUT2D eigenvalue weighted by molar-refractivity contribution is 7.89. The molecule has 1 aromatic rings. The summed E-state index contributed by atoms with van der Waals surface area (Å²) in [7, 11) is -7.70. The zero-order chi connectivity index (χ0) is 22.5. The number of sulfonamides is 1. The van der Waals surface area contributed by atoms with Gasteiger partial charge in [0, 0.05) is 38.3 Å². The maximum absolute atomic E-state index is 13.4. The van der Waals surface area contributed by atoms with Crippen LogP contribution in [0.1, 0.15) is 18.9 Å². The Morgan fingerprint density at radius 2 is 1.83 bits per heavy atom. The highest BCUT2D eigenvalue weighted by Gasteiger charge is 2.33. The van der Waals surface area contributed by atoms with Gasteiger partial charge in [-0.15, -0.1) is 0 Å². The molecule has 0 amide bonds. The van der Waals surface area contributed by atoms with Gasteiger partial charge in [0.25, 0.3) is 15.8 Å². The molecule has 0 unspecified atom stereocenters. The van der Waals surface area contributed by atoms with Gasteiger partial charge in [-0.25, -0.2) is 8.42 Å². The first-order chi connectivity index (χ1) is 14.0. The van der Waals surface area contributed by atoms with Gasteiger partial charge >= 0.3 is 0 Å². The van der Waals surface area contributed by atoms with Gasteiger partial charge in [-0.3, -0.25) is 14.3 Å². The minimum Gasteiger partial charge on any atom is -0.379 e. The molecule has 0 radical (unpaired) electrons. The third-order valence-corrected chi connectivity index (χ3v) is 7.02. The van der Waals surface area contributed by atoms with Crippen molar-refractivity contribution in [2.75, 3.05) is 57.2 Å². The second kappa shape index (κ2) is 10.0. The van der Waals surface area contributed by atoms with Crippen molar-refractivity contribution in [1.29, 1.82) is 0 Å². The molecule has 0 saturated carbocycles. The number of hydrogen-bond acceptors (Lipinski definition) is 9. The van der Waals surface area contributed by atoms with Gasteiger partial charge in [0.1, 0.15) is 4.90 Å². The van der Waals surface area contributed by atoms with E-state index in [1.54, 1.807) is 11.8 Å². The number of non-ortho nitro benzene ring substituents is 1. The second-order valence-electron chi connectivity index (χ2n) is 6.90. The fraction of sp³-hybridized carbons (Fsp3) is 0.647. The molecule has 0 spiro atoms. The van der Waals surface area contributed by atoms with E-state index in [-0.39, 0.29) is 50.0 Å². The molecular formula is C17H27N3O8S2. The van der Waals surface area contributed by atoms with E-state index in [4.69, 9.17) is 8.92 Å². The average molecular weight is 466 g/mol. The largest absolute Gasteiger partial charge is 0.379 e. The summed E-state index contributed by atoms with van der Waals surface area (Å²) in [6.45, 7) is 4.60. The smallest absolute Gasteiger partial charge is 0.271 e. The molecule has 2 rings (SSSR count). The van der Waals surface area contributed by atoms with E-state index in [2.05, 4.69) is 0 Å². The van der Waals surface area contributed by atoms with Crippen molar-refractivity contribution >= 4 is 31.5 Å². The number of anilines is 1. The molecule has 1 heterocycles. The Hall–Kier alpha value is -1.80. The molecule has 1 saturated heterocycles. The van der Waals surface area contributed by atoms with Crippen molar-refractivity contribution in [3.05, 3.63) is 27.8 Å². The lowest BCUT2D eigenvalue weighted by molar-refractivity contribution is -0.385. The van der Waals surface area contributed by atoms with Crippen LogP contribution in [0.5, 0.6) is 0 Å². The molecule has 13 heteroatoms. The van der Waals surface area contributed by atoms with E-state index in [0.717, 1.165) is 12.3 Å². The third kappa shape index (κ3) is 6.11. The van der Waals surface area contributed by atoms with E-state index >= 15 is 0 Å². The summed E-state index contributed by atoms with van der Waals surface area (Å²) in [4.78, 5) is 12.3. The van der Waals surface area contributed by atoms with Crippen LogP contribution in [-0.2, 0) is 29.1 Å². The van der Waals surface area contributed by atoms with Crippen LogP contribution in [0.2, 0.25) is 0 Å². The Labute approximate surface area is 176 Å². The van der Waals surface area contributed by atoms with E-state index in [0.29, 0.717) is 24.2 Å². The molecule has 1 fully saturated rings. The maximum atomic E-state index is 13.4. The second-order valence-corrected chi connectivity index (χ2v) is 10.4. The number of nitrogens with zero attached hydrogens (tertiary/aromatic N) is 3. The van der Waals surface area contributed by atoms with Gasteiger partial charge in [0.2, 0.25) is 10.0 Å². The highest BCUT2D eigenvalue weighted by Crippen LogP contribution is 2.35. The fourth-order valence-electron chi connectivity index (χ4n) is 3.27. The standard InChI is InChI=1S/C17H27N3O8S2/c1-4-5-18(6-11-28-29(3,23)24)17-14(2)12-15(20(21)22)13-16(17)30(25,26)19-7-9-27-10-8-19/h12-13H,4-11H2,1-3H3. The Kier molecular flexibility index (Phi) is 8.16. The predicted octanol–water partition coefficient (Wildman–Crippen LogP) is 1.12. The Morgan fingerprint density at radius 1 is 1.20 bits per heavy atom. The summed E-state index contributed by atoms with van der Waals surface area (Å²) in [6.07, 6.45) is 1.58. The highest BCUT2D eigenvalue weighted by atomic mass is 32.2. The molecule has 0 bridgehead atoms. The summed E-state index contributed by atoms with van der Waals surface area (Å²) in [5.74, 6) is 0. The Bertz CT molecular complexity index is 973. The van der Waals surface area contributed by atoms with Crippen molar-refractivity contribution in [2.45, 2.75) is 25.2 Å². The number of benzene rings is 1. The Balaban J connectivity index is 2.56. The fourth-order valence-corrected chi connectivity index (χ4v) is 5.36. The maximum Gasteiger partial charge on any atom is 0.271 e. The topological polar surface area (TPSA) is 136 Å². The molecule has 0 atom stereocenters. The lowest BCUT2D eigenvalue weighted by Crippen LogP contribution is -2.41. The van der Waals surface area contributed by atoms with Gasteiger partial charge in [-0.1, -0.05) is 6.92 Å². The first kappa shape index (κ1) is 24.5. The lowest BCUT2D eigenvalue weighted by Gasteiger charge is -2.31. The van der Waals surface area contributed by atoms with Crippen LogP contribution in [0.25, 0.3) is 0 Å². The van der Waals surface area contributed by atoms with Crippen LogP contribution in [0.4, 0.5) is 11.4 Å². The molecule has 1 aromatic carbocycles. The van der Waals surface area contributed by atoms with Crippen molar-refractivity contribution in [1.82, 2.24) is 4.31 Å². The quantitative estimate of drug-likeness (QED) is 0.283. The molecule has 0 N–H and O–H groups in total.